The molecular formula is C45H46N4O4. The highest BCUT2D eigenvalue weighted by atomic mass is 16.5. The molecule has 0 unspecified atom stereocenters. The van der Waals surface area contributed by atoms with Crippen LogP contribution in [0.2, 0.25) is 0 Å². The van der Waals surface area contributed by atoms with Gasteiger partial charge in [0, 0.05) is 58.4 Å². The average molecular weight is 707 g/mol. The lowest BCUT2D eigenvalue weighted by molar-refractivity contribution is 0.0598. The van der Waals surface area contributed by atoms with Gasteiger partial charge in [-0.05, 0) is 159 Å². The van der Waals surface area contributed by atoms with Crippen LogP contribution in [-0.2, 0) is 43.3 Å². The summed E-state index contributed by atoms with van der Waals surface area (Å²) in [5.41, 5.74) is 15.1. The molecular weight excluding hydrogens is 661 g/mol. The van der Waals surface area contributed by atoms with Crippen molar-refractivity contribution in [2.75, 3.05) is 7.11 Å². The molecule has 0 aliphatic heterocycles. The third-order valence-electron chi connectivity index (χ3n) is 11.8. The summed E-state index contributed by atoms with van der Waals surface area (Å²) < 4.78 is 5.02. The van der Waals surface area contributed by atoms with Crippen molar-refractivity contribution in [3.63, 3.8) is 0 Å². The predicted molar refractivity (Wildman–Crippen MR) is 206 cm³/mol. The number of nitrogens with one attached hydrogen (secondary N) is 2. The van der Waals surface area contributed by atoms with E-state index in [1.807, 2.05) is 24.5 Å². The lowest BCUT2D eigenvalue weighted by Crippen LogP contribution is -2.09. The molecule has 4 aromatic heterocycles. The first-order chi connectivity index (χ1) is 25.9. The van der Waals surface area contributed by atoms with Gasteiger partial charge in [-0.1, -0.05) is 12.1 Å². The van der Waals surface area contributed by atoms with Gasteiger partial charge in [-0.15, -0.1) is 0 Å². The number of aromatic amines is 2. The number of hydrogen-bond acceptors (Lipinski definition) is 5. The molecule has 2 fully saturated rings. The Morgan fingerprint density at radius 2 is 1.15 bits per heavy atom. The van der Waals surface area contributed by atoms with E-state index in [0.29, 0.717) is 41.5 Å². The summed E-state index contributed by atoms with van der Waals surface area (Å²) in [6.45, 7) is 0. The first-order valence-electron chi connectivity index (χ1n) is 19.5. The number of H-pyrrole nitrogens is 2. The van der Waals surface area contributed by atoms with Crippen LogP contribution in [0.25, 0.3) is 21.8 Å². The second kappa shape index (κ2) is 14.0. The van der Waals surface area contributed by atoms with Gasteiger partial charge in [0.25, 0.3) is 0 Å². The van der Waals surface area contributed by atoms with Crippen LogP contribution in [0.5, 0.6) is 0 Å². The molecule has 0 radical (unpaired) electrons. The zero-order valence-electron chi connectivity index (χ0n) is 30.4. The number of nitrogens with zero attached hydrogens (tertiary/aromatic N) is 2. The Labute approximate surface area is 309 Å². The number of carbonyl (C=O) groups is 2. The molecule has 0 spiro atoms. The summed E-state index contributed by atoms with van der Waals surface area (Å²) >= 11 is 0. The van der Waals surface area contributed by atoms with Gasteiger partial charge < -0.3 is 19.8 Å². The first kappa shape index (κ1) is 33.6. The molecule has 2 aromatic carbocycles. The normalized spacial score (nSPS) is 16.5. The van der Waals surface area contributed by atoms with E-state index >= 15 is 0 Å². The van der Waals surface area contributed by atoms with Crippen LogP contribution in [0.3, 0.4) is 0 Å². The highest BCUT2D eigenvalue weighted by Crippen LogP contribution is 2.41. The molecule has 6 aromatic rings. The standard InChI is InChI=1S/C23H24N2O2.C22H22N2O2/c1-27-23(26)19-12-16(15-7-8-15)13-24-22(19)11-14-6-9-21-18(10-14)17-4-2-3-5-20(17)25-21;25-22(26)18-11-15(14-6-7-14)12-23-21(18)10-13-5-8-20-17(9-13)16-3-1-2-4-19(16)24-20/h6,9-10,12-13,15,25H,2-5,7-8,11H2,1H3;5,8-9,11-12,14,24H,1-4,6-7,10H2,(H,25,26). The fourth-order valence-corrected chi connectivity index (χ4v) is 8.56. The zero-order chi connectivity index (χ0) is 36.1. The number of fused-ring (bicyclic) bond motifs is 6. The number of benzene rings is 2. The summed E-state index contributed by atoms with van der Waals surface area (Å²) in [7, 11) is 1.44. The minimum Gasteiger partial charge on any atom is -0.478 e. The summed E-state index contributed by atoms with van der Waals surface area (Å²) in [4.78, 5) is 40.4. The molecule has 0 bridgehead atoms. The van der Waals surface area contributed by atoms with Crippen molar-refractivity contribution in [2.24, 2.45) is 0 Å². The van der Waals surface area contributed by atoms with Crippen LogP contribution >= 0.6 is 0 Å². The van der Waals surface area contributed by atoms with Crippen LogP contribution in [0, 0.1) is 0 Å². The van der Waals surface area contributed by atoms with Crippen LogP contribution in [0.1, 0.15) is 140 Å². The van der Waals surface area contributed by atoms with Crippen molar-refractivity contribution >= 4 is 33.7 Å². The molecule has 8 heteroatoms. The smallest absolute Gasteiger partial charge is 0.339 e. The number of pyridine rings is 2. The maximum Gasteiger partial charge on any atom is 0.339 e. The molecule has 10 rings (SSSR count). The van der Waals surface area contributed by atoms with Gasteiger partial charge in [0.1, 0.15) is 0 Å². The molecule has 2 saturated carbocycles. The zero-order valence-corrected chi connectivity index (χ0v) is 30.4. The second-order valence-corrected chi connectivity index (χ2v) is 15.6. The Morgan fingerprint density at radius 3 is 1.62 bits per heavy atom. The second-order valence-electron chi connectivity index (χ2n) is 15.6. The lowest BCUT2D eigenvalue weighted by atomic mass is 9.94. The van der Waals surface area contributed by atoms with Gasteiger partial charge >= 0.3 is 11.9 Å². The van der Waals surface area contributed by atoms with Gasteiger partial charge in [0.05, 0.1) is 29.6 Å². The Kier molecular flexibility index (Phi) is 8.84. The van der Waals surface area contributed by atoms with E-state index in [1.54, 1.807) is 0 Å². The highest BCUT2D eigenvalue weighted by Gasteiger charge is 2.27. The minimum atomic E-state index is -0.880. The highest BCUT2D eigenvalue weighted by molar-refractivity contribution is 5.91. The summed E-state index contributed by atoms with van der Waals surface area (Å²) in [5, 5.41) is 12.2. The number of carboxylic acid groups (broad SMARTS) is 1. The van der Waals surface area contributed by atoms with E-state index in [1.165, 1.54) is 95.5 Å². The minimum absolute atomic E-state index is 0.292. The van der Waals surface area contributed by atoms with Gasteiger partial charge in [-0.25, -0.2) is 9.59 Å². The molecule has 0 saturated heterocycles. The quantitative estimate of drug-likeness (QED) is 0.136. The van der Waals surface area contributed by atoms with Gasteiger partial charge in [0.15, 0.2) is 0 Å². The number of esters is 1. The van der Waals surface area contributed by atoms with Crippen LogP contribution in [0.4, 0.5) is 0 Å². The number of carboxylic acids is 1. The summed E-state index contributed by atoms with van der Waals surface area (Å²) in [5.74, 6) is -0.0923. The fourth-order valence-electron chi connectivity index (χ4n) is 8.56. The van der Waals surface area contributed by atoms with Gasteiger partial charge in [0.2, 0.25) is 0 Å². The van der Waals surface area contributed by atoms with E-state index in [0.717, 1.165) is 60.9 Å². The van der Waals surface area contributed by atoms with E-state index in [-0.39, 0.29) is 5.97 Å². The van der Waals surface area contributed by atoms with E-state index in [4.69, 9.17) is 4.74 Å². The SMILES string of the molecule is COC(=O)c1cc(C2CC2)cnc1Cc1ccc2[nH]c3c(c2c1)CCCC3.O=C(O)c1cc(C2CC2)cnc1Cc1ccc2[nH]c3c(c2c1)CCCC3. The average Bonchev–Trinajstić information content (AvgIpc) is 4.13. The Morgan fingerprint density at radius 1 is 0.679 bits per heavy atom. The van der Waals surface area contributed by atoms with Crippen molar-refractivity contribution in [3.8, 4) is 0 Å². The fraction of sp³-hybridized carbons (Fsp3) is 0.378. The van der Waals surface area contributed by atoms with E-state index in [9.17, 15) is 14.7 Å². The molecule has 0 atom stereocenters. The third-order valence-corrected chi connectivity index (χ3v) is 11.8. The number of aryl methyl sites for hydroxylation is 4. The molecule has 8 nitrogen and oxygen atoms in total. The van der Waals surface area contributed by atoms with E-state index in [2.05, 4.69) is 56.3 Å². The van der Waals surface area contributed by atoms with Crippen molar-refractivity contribution in [1.29, 1.82) is 0 Å². The lowest BCUT2D eigenvalue weighted by Gasteiger charge is -2.11. The van der Waals surface area contributed by atoms with Crippen molar-refractivity contribution < 1.29 is 19.4 Å². The number of ether oxygens (including phenoxy) is 1. The maximum absolute atomic E-state index is 12.3. The predicted octanol–water partition coefficient (Wildman–Crippen LogP) is 9.30. The largest absolute Gasteiger partial charge is 0.478 e. The number of carbonyl (C=O) groups excluding carboxylic acids is 1. The molecule has 4 heterocycles. The number of methoxy groups -OCH3 is 1. The molecule has 3 N–H and O–H groups in total. The molecule has 4 aliphatic rings. The van der Waals surface area contributed by atoms with Crippen LogP contribution < -0.4 is 0 Å². The van der Waals surface area contributed by atoms with Crippen molar-refractivity contribution in [2.45, 2.75) is 102 Å². The van der Waals surface area contributed by atoms with Gasteiger partial charge in [-0.2, -0.15) is 0 Å². The summed E-state index contributed by atoms with van der Waals surface area (Å²) in [6, 6.07) is 16.8. The molecule has 270 valence electrons. The number of aromatic carboxylic acids is 1. The van der Waals surface area contributed by atoms with E-state index < -0.39 is 5.97 Å². The molecule has 4 aliphatic carbocycles. The topological polar surface area (TPSA) is 121 Å². The Balaban J connectivity index is 0.000000141. The first-order valence-corrected chi connectivity index (χ1v) is 19.5. The number of hydrogen-bond donors (Lipinski definition) is 3. The third kappa shape index (κ3) is 6.87. The number of aromatic nitrogens is 4. The Bertz CT molecular complexity index is 2380. The van der Waals surface area contributed by atoms with Crippen LogP contribution in [0.15, 0.2) is 60.9 Å². The molecule has 0 amide bonds. The summed E-state index contributed by atoms with van der Waals surface area (Å²) in [6.07, 6.45) is 19.3. The van der Waals surface area contributed by atoms with Crippen molar-refractivity contribution in [1.82, 2.24) is 19.9 Å². The van der Waals surface area contributed by atoms with Crippen LogP contribution in [-0.4, -0.2) is 44.1 Å². The Hall–Kier alpha value is -5.24. The number of rotatable bonds is 8. The van der Waals surface area contributed by atoms with Crippen molar-refractivity contribution in [3.05, 3.63) is 128 Å². The van der Waals surface area contributed by atoms with Gasteiger partial charge in [-0.3, -0.25) is 9.97 Å². The maximum atomic E-state index is 12.3. The monoisotopic (exact) mass is 706 g/mol. The molecule has 53 heavy (non-hydrogen) atoms.